The van der Waals surface area contributed by atoms with Crippen LogP contribution in [0.1, 0.15) is 31.1 Å². The van der Waals surface area contributed by atoms with Crippen molar-refractivity contribution in [2.24, 2.45) is 0 Å². The van der Waals surface area contributed by atoms with E-state index in [2.05, 4.69) is 10.6 Å². The highest BCUT2D eigenvalue weighted by Gasteiger charge is 2.17. The molecule has 0 bridgehead atoms. The molecule has 0 heterocycles. The van der Waals surface area contributed by atoms with Gasteiger partial charge in [0.05, 0.1) is 5.56 Å². The maximum absolute atomic E-state index is 11.7. The average Bonchev–Trinajstić information content (AvgIpc) is 2.14. The first kappa shape index (κ1) is 13.0. The molecular weight excluding hydrogens is 218 g/mol. The van der Waals surface area contributed by atoms with E-state index in [9.17, 15) is 9.59 Å². The fraction of sp³-hybridized carbons (Fsp3) is 0.333. The number of imide groups is 1. The van der Waals surface area contributed by atoms with Gasteiger partial charge < -0.3 is 11.1 Å². The molecule has 4 N–H and O–H groups in total. The molecule has 92 valence electrons. The van der Waals surface area contributed by atoms with E-state index in [4.69, 9.17) is 5.73 Å². The summed E-state index contributed by atoms with van der Waals surface area (Å²) in [7, 11) is 0. The van der Waals surface area contributed by atoms with E-state index in [1.807, 2.05) is 20.8 Å². The lowest BCUT2D eigenvalue weighted by atomic mass is 10.1. The number of hydrogen-bond acceptors (Lipinski definition) is 3. The Balaban J connectivity index is 2.68. The largest absolute Gasteiger partial charge is 0.398 e. The van der Waals surface area contributed by atoms with E-state index in [0.717, 1.165) is 0 Å². The summed E-state index contributed by atoms with van der Waals surface area (Å²) >= 11 is 0. The molecule has 17 heavy (non-hydrogen) atoms. The van der Waals surface area contributed by atoms with Gasteiger partial charge in [-0.15, -0.1) is 0 Å². The minimum Gasteiger partial charge on any atom is -0.398 e. The molecule has 0 aromatic heterocycles. The number of carbonyl (C=O) groups excluding carboxylic acids is 2. The van der Waals surface area contributed by atoms with Crippen molar-refractivity contribution < 1.29 is 9.59 Å². The normalized spacial score (nSPS) is 10.8. The number of urea groups is 1. The van der Waals surface area contributed by atoms with Gasteiger partial charge in [0, 0.05) is 11.2 Å². The highest BCUT2D eigenvalue weighted by Crippen LogP contribution is 2.09. The lowest BCUT2D eigenvalue weighted by molar-refractivity contribution is 0.0963. The Labute approximate surface area is 100 Å². The number of nitrogens with two attached hydrogens (primary N) is 1. The van der Waals surface area contributed by atoms with Crippen LogP contribution in [0.15, 0.2) is 24.3 Å². The van der Waals surface area contributed by atoms with E-state index in [1.165, 1.54) is 0 Å². The van der Waals surface area contributed by atoms with E-state index in [-0.39, 0.29) is 5.56 Å². The van der Waals surface area contributed by atoms with Gasteiger partial charge in [-0.25, -0.2) is 4.79 Å². The van der Waals surface area contributed by atoms with Crippen LogP contribution < -0.4 is 16.4 Å². The van der Waals surface area contributed by atoms with Crippen molar-refractivity contribution in [3.8, 4) is 0 Å². The molecule has 0 fully saturated rings. The lowest BCUT2D eigenvalue weighted by Gasteiger charge is -2.20. The first-order chi connectivity index (χ1) is 7.79. The van der Waals surface area contributed by atoms with Crippen LogP contribution in [0.5, 0.6) is 0 Å². The van der Waals surface area contributed by atoms with Gasteiger partial charge >= 0.3 is 6.03 Å². The molecule has 0 saturated carbocycles. The zero-order valence-corrected chi connectivity index (χ0v) is 10.2. The number of carbonyl (C=O) groups is 2. The van der Waals surface area contributed by atoms with Gasteiger partial charge in [-0.1, -0.05) is 12.1 Å². The van der Waals surface area contributed by atoms with Gasteiger partial charge in [0.25, 0.3) is 5.91 Å². The predicted molar refractivity (Wildman–Crippen MR) is 66.6 cm³/mol. The fourth-order valence-corrected chi connectivity index (χ4v) is 1.25. The molecule has 0 unspecified atom stereocenters. The summed E-state index contributed by atoms with van der Waals surface area (Å²) in [6, 6.07) is 6.05. The number of nitrogen functional groups attached to an aromatic ring is 1. The second kappa shape index (κ2) is 4.86. The molecule has 5 nitrogen and oxygen atoms in total. The standard InChI is InChI=1S/C12H17N3O2/c1-12(2,3)15-11(17)14-10(16)8-6-4-5-7-9(8)13/h4-7H,13H2,1-3H3,(H2,14,15,16,17). The Morgan fingerprint density at radius 2 is 1.76 bits per heavy atom. The topological polar surface area (TPSA) is 84.2 Å². The molecule has 1 rings (SSSR count). The van der Waals surface area contributed by atoms with Crippen LogP contribution in [-0.2, 0) is 0 Å². The van der Waals surface area contributed by atoms with E-state index < -0.39 is 17.5 Å². The summed E-state index contributed by atoms with van der Waals surface area (Å²) in [5.41, 5.74) is 5.87. The molecule has 1 aromatic rings. The highest BCUT2D eigenvalue weighted by atomic mass is 16.2. The molecule has 3 amide bonds. The van der Waals surface area contributed by atoms with Crippen molar-refractivity contribution in [3.05, 3.63) is 29.8 Å². The number of anilines is 1. The Bertz CT molecular complexity index is 436. The van der Waals surface area contributed by atoms with E-state index >= 15 is 0 Å². The molecule has 0 aliphatic carbocycles. The Kier molecular flexibility index (Phi) is 3.73. The zero-order valence-electron chi connectivity index (χ0n) is 10.2. The maximum atomic E-state index is 11.7. The van der Waals surface area contributed by atoms with Crippen molar-refractivity contribution in [1.82, 2.24) is 10.6 Å². The number of rotatable bonds is 1. The quantitative estimate of drug-likeness (QED) is 0.645. The van der Waals surface area contributed by atoms with Crippen LogP contribution in [0, 0.1) is 0 Å². The predicted octanol–water partition coefficient (Wildman–Crippen LogP) is 1.51. The number of benzene rings is 1. The van der Waals surface area contributed by atoms with Gasteiger partial charge in [0.2, 0.25) is 0 Å². The molecule has 1 aromatic carbocycles. The third kappa shape index (κ3) is 4.14. The molecular formula is C12H17N3O2. The minimum absolute atomic E-state index is 0.288. The first-order valence-corrected chi connectivity index (χ1v) is 5.27. The summed E-state index contributed by atoms with van der Waals surface area (Å²) in [5.74, 6) is -0.509. The summed E-state index contributed by atoms with van der Waals surface area (Å²) in [5, 5.41) is 4.85. The van der Waals surface area contributed by atoms with Crippen molar-refractivity contribution in [1.29, 1.82) is 0 Å². The van der Waals surface area contributed by atoms with E-state index in [1.54, 1.807) is 24.3 Å². The second-order valence-corrected chi connectivity index (χ2v) is 4.75. The van der Waals surface area contributed by atoms with Crippen molar-refractivity contribution >= 4 is 17.6 Å². The summed E-state index contributed by atoms with van der Waals surface area (Å²) in [4.78, 5) is 23.2. The van der Waals surface area contributed by atoms with Gasteiger partial charge in [-0.3, -0.25) is 10.1 Å². The van der Waals surface area contributed by atoms with Crippen LogP contribution in [0.3, 0.4) is 0 Å². The van der Waals surface area contributed by atoms with Crippen molar-refractivity contribution in [2.75, 3.05) is 5.73 Å². The van der Waals surface area contributed by atoms with Crippen LogP contribution in [0.25, 0.3) is 0 Å². The fourth-order valence-electron chi connectivity index (χ4n) is 1.25. The average molecular weight is 235 g/mol. The Morgan fingerprint density at radius 1 is 1.18 bits per heavy atom. The van der Waals surface area contributed by atoms with Crippen LogP contribution in [0.2, 0.25) is 0 Å². The molecule has 0 atom stereocenters. The Hall–Kier alpha value is -2.04. The summed E-state index contributed by atoms with van der Waals surface area (Å²) in [6.07, 6.45) is 0. The van der Waals surface area contributed by atoms with Crippen molar-refractivity contribution in [2.45, 2.75) is 26.3 Å². The molecule has 0 aliphatic rings. The lowest BCUT2D eigenvalue weighted by Crippen LogP contribution is -2.48. The molecule has 0 spiro atoms. The van der Waals surface area contributed by atoms with Crippen LogP contribution >= 0.6 is 0 Å². The molecule has 0 saturated heterocycles. The second-order valence-electron chi connectivity index (χ2n) is 4.75. The smallest absolute Gasteiger partial charge is 0.322 e. The van der Waals surface area contributed by atoms with Gasteiger partial charge in [-0.05, 0) is 32.9 Å². The number of amides is 3. The summed E-state index contributed by atoms with van der Waals surface area (Å²) < 4.78 is 0. The van der Waals surface area contributed by atoms with Gasteiger partial charge in [0.15, 0.2) is 0 Å². The highest BCUT2D eigenvalue weighted by molar-refractivity contribution is 6.07. The maximum Gasteiger partial charge on any atom is 0.322 e. The van der Waals surface area contributed by atoms with Gasteiger partial charge in [-0.2, -0.15) is 0 Å². The number of para-hydroxylation sites is 1. The Morgan fingerprint density at radius 3 is 2.29 bits per heavy atom. The number of hydrogen-bond donors (Lipinski definition) is 3. The first-order valence-electron chi connectivity index (χ1n) is 5.27. The number of nitrogens with one attached hydrogen (secondary N) is 2. The van der Waals surface area contributed by atoms with Gasteiger partial charge in [0.1, 0.15) is 0 Å². The minimum atomic E-state index is -0.536. The summed E-state index contributed by atoms with van der Waals surface area (Å²) in [6.45, 7) is 5.48. The third-order valence-electron chi connectivity index (χ3n) is 1.92. The monoisotopic (exact) mass is 235 g/mol. The molecule has 0 aliphatic heterocycles. The SMILES string of the molecule is CC(C)(C)NC(=O)NC(=O)c1ccccc1N. The molecule has 0 radical (unpaired) electrons. The van der Waals surface area contributed by atoms with Crippen molar-refractivity contribution in [3.63, 3.8) is 0 Å². The van der Waals surface area contributed by atoms with Crippen LogP contribution in [-0.4, -0.2) is 17.5 Å². The van der Waals surface area contributed by atoms with Crippen LogP contribution in [0.4, 0.5) is 10.5 Å². The third-order valence-corrected chi connectivity index (χ3v) is 1.92. The zero-order chi connectivity index (χ0) is 13.1. The van der Waals surface area contributed by atoms with E-state index in [0.29, 0.717) is 5.69 Å². The molecule has 5 heteroatoms.